The van der Waals surface area contributed by atoms with E-state index in [9.17, 15) is 9.59 Å². The van der Waals surface area contributed by atoms with Crippen molar-refractivity contribution in [2.24, 2.45) is 0 Å². The molecule has 1 aliphatic carbocycles. The molecule has 2 amide bonds. The van der Waals surface area contributed by atoms with E-state index in [0.29, 0.717) is 11.7 Å². The van der Waals surface area contributed by atoms with E-state index in [1.165, 1.54) is 47.4 Å². The molecule has 0 atom stereocenters. The van der Waals surface area contributed by atoms with Crippen molar-refractivity contribution < 1.29 is 9.59 Å². The number of nitrogens with zero attached hydrogens (tertiary/aromatic N) is 3. The molecule has 8 nitrogen and oxygen atoms in total. The smallest absolute Gasteiger partial charge is 0.226 e. The van der Waals surface area contributed by atoms with Crippen molar-refractivity contribution in [2.75, 3.05) is 5.32 Å². The van der Waals surface area contributed by atoms with Gasteiger partial charge in [0.2, 0.25) is 16.9 Å². The Kier molecular flexibility index (Phi) is 5.52. The molecule has 0 radical (unpaired) electrons. The van der Waals surface area contributed by atoms with Crippen LogP contribution in [-0.2, 0) is 29.0 Å². The number of anilines is 1. The monoisotopic (exact) mass is 348 g/mol. The molecule has 3 rings (SSSR count). The van der Waals surface area contributed by atoms with Crippen molar-refractivity contribution in [1.29, 1.82) is 0 Å². The van der Waals surface area contributed by atoms with Gasteiger partial charge in [-0.05, 0) is 31.2 Å². The van der Waals surface area contributed by atoms with Crippen molar-refractivity contribution in [1.82, 2.24) is 25.7 Å². The topological polar surface area (TPSA) is 113 Å². The molecule has 0 bridgehead atoms. The van der Waals surface area contributed by atoms with E-state index >= 15 is 0 Å². The van der Waals surface area contributed by atoms with Crippen LogP contribution in [-0.4, -0.2) is 32.2 Å². The maximum Gasteiger partial charge on any atom is 0.226 e. The van der Waals surface area contributed by atoms with E-state index in [1.54, 1.807) is 0 Å². The average molecular weight is 348 g/mol. The summed E-state index contributed by atoms with van der Waals surface area (Å²) >= 11 is 1.24. The number of carbonyl (C=O) groups is 2. The number of aryl methyl sites for hydroxylation is 1. The molecule has 128 valence electrons. The van der Waals surface area contributed by atoms with Crippen LogP contribution in [0.25, 0.3) is 0 Å². The van der Waals surface area contributed by atoms with Crippen LogP contribution in [0.1, 0.15) is 49.1 Å². The van der Waals surface area contributed by atoms with Gasteiger partial charge < -0.3 is 10.6 Å². The summed E-state index contributed by atoms with van der Waals surface area (Å²) in [5, 5.41) is 20.7. The van der Waals surface area contributed by atoms with Gasteiger partial charge in [-0.1, -0.05) is 17.8 Å². The van der Waals surface area contributed by atoms with Gasteiger partial charge in [-0.2, -0.15) is 5.10 Å². The van der Waals surface area contributed by atoms with Crippen LogP contribution in [0.2, 0.25) is 0 Å². The first-order valence-electron chi connectivity index (χ1n) is 8.10. The van der Waals surface area contributed by atoms with Crippen LogP contribution in [0.15, 0.2) is 5.51 Å². The van der Waals surface area contributed by atoms with E-state index in [4.69, 9.17) is 0 Å². The minimum Gasteiger partial charge on any atom is -0.350 e. The molecular formula is C15H20N6O2S. The summed E-state index contributed by atoms with van der Waals surface area (Å²) in [6, 6.07) is 0. The van der Waals surface area contributed by atoms with Gasteiger partial charge in [0.25, 0.3) is 0 Å². The molecule has 1 aliphatic rings. The molecule has 0 saturated carbocycles. The Morgan fingerprint density at radius 3 is 2.83 bits per heavy atom. The Morgan fingerprint density at radius 2 is 2.00 bits per heavy atom. The fourth-order valence-electron chi connectivity index (χ4n) is 2.78. The quantitative estimate of drug-likeness (QED) is 0.686. The number of hydrogen-bond acceptors (Lipinski definition) is 6. The second-order valence-corrected chi connectivity index (χ2v) is 6.59. The number of amides is 2. The lowest BCUT2D eigenvalue weighted by Gasteiger charge is -2.05. The third-order valence-electron chi connectivity index (χ3n) is 4.03. The second kappa shape index (κ2) is 8.00. The summed E-state index contributed by atoms with van der Waals surface area (Å²) in [5.74, 6) is -0.400. The molecule has 9 heteroatoms. The van der Waals surface area contributed by atoms with Crippen LogP contribution in [0.3, 0.4) is 0 Å². The van der Waals surface area contributed by atoms with Gasteiger partial charge in [-0.3, -0.25) is 14.7 Å². The molecule has 2 aromatic rings. The fraction of sp³-hybridized carbons (Fsp3) is 0.533. The van der Waals surface area contributed by atoms with Gasteiger partial charge in [0, 0.05) is 18.5 Å². The molecule has 0 fully saturated rings. The van der Waals surface area contributed by atoms with Gasteiger partial charge in [0.1, 0.15) is 5.51 Å². The third-order valence-corrected chi connectivity index (χ3v) is 4.64. The number of carbonyl (C=O) groups excluding carboxylic acids is 2. The fourth-order valence-corrected chi connectivity index (χ4v) is 3.24. The predicted molar refractivity (Wildman–Crippen MR) is 89.5 cm³/mol. The summed E-state index contributed by atoms with van der Waals surface area (Å²) in [4.78, 5) is 23.6. The van der Waals surface area contributed by atoms with Crippen LogP contribution < -0.4 is 10.6 Å². The molecule has 3 N–H and O–H groups in total. The normalized spacial score (nSPS) is 13.8. The highest BCUT2D eigenvalue weighted by Crippen LogP contribution is 2.21. The van der Waals surface area contributed by atoms with Gasteiger partial charge in [-0.15, -0.1) is 10.2 Å². The van der Waals surface area contributed by atoms with Crippen LogP contribution in [0, 0.1) is 0 Å². The molecule has 2 heterocycles. The first kappa shape index (κ1) is 16.6. The summed E-state index contributed by atoms with van der Waals surface area (Å²) in [6.07, 6.45) is 5.88. The minimum absolute atomic E-state index is 0.115. The number of nitrogens with one attached hydrogen (secondary N) is 3. The van der Waals surface area contributed by atoms with Crippen LogP contribution in [0.5, 0.6) is 0 Å². The van der Waals surface area contributed by atoms with E-state index in [0.717, 1.165) is 18.5 Å². The van der Waals surface area contributed by atoms with Gasteiger partial charge in [-0.25, -0.2) is 0 Å². The molecular weight excluding hydrogens is 328 g/mol. The zero-order valence-electron chi connectivity index (χ0n) is 13.3. The Balaban J connectivity index is 1.43. The molecule has 0 aliphatic heterocycles. The third kappa shape index (κ3) is 4.38. The summed E-state index contributed by atoms with van der Waals surface area (Å²) in [7, 11) is 0. The van der Waals surface area contributed by atoms with E-state index in [-0.39, 0.29) is 24.7 Å². The lowest BCUT2D eigenvalue weighted by atomic mass is 10.1. The first-order valence-corrected chi connectivity index (χ1v) is 8.98. The highest BCUT2D eigenvalue weighted by molar-refractivity contribution is 7.13. The zero-order chi connectivity index (χ0) is 16.8. The van der Waals surface area contributed by atoms with Crippen LogP contribution in [0.4, 0.5) is 5.13 Å². The van der Waals surface area contributed by atoms with Crippen molar-refractivity contribution in [3.05, 3.63) is 22.5 Å². The number of aromatic amines is 1. The lowest BCUT2D eigenvalue weighted by molar-refractivity contribution is -0.124. The highest BCUT2D eigenvalue weighted by atomic mass is 32.1. The molecule has 0 spiro atoms. The standard InChI is InChI=1S/C15H20N6O2S/c22-13(6-7-14(23)18-15-21-17-9-24-15)16-8-12-10-4-2-1-3-5-11(10)19-20-12/h9H,1-8H2,(H,16,22)(H,19,20)(H,18,21,23). The number of rotatable bonds is 6. The molecule has 0 aromatic carbocycles. The average Bonchev–Trinajstić information content (AvgIpc) is 3.15. The molecule has 24 heavy (non-hydrogen) atoms. The lowest BCUT2D eigenvalue weighted by Crippen LogP contribution is -2.25. The van der Waals surface area contributed by atoms with E-state index < -0.39 is 0 Å². The maximum atomic E-state index is 11.9. The summed E-state index contributed by atoms with van der Waals surface area (Å²) in [5.41, 5.74) is 4.91. The number of fused-ring (bicyclic) bond motifs is 1. The molecule has 0 saturated heterocycles. The van der Waals surface area contributed by atoms with Crippen molar-refractivity contribution in [2.45, 2.75) is 51.5 Å². The second-order valence-electron chi connectivity index (χ2n) is 5.76. The van der Waals surface area contributed by atoms with Crippen molar-refractivity contribution in [3.63, 3.8) is 0 Å². The summed E-state index contributed by atoms with van der Waals surface area (Å²) < 4.78 is 0. The van der Waals surface area contributed by atoms with Gasteiger partial charge in [0.15, 0.2) is 0 Å². The molecule has 2 aromatic heterocycles. The number of H-pyrrole nitrogens is 1. The minimum atomic E-state index is -0.240. The van der Waals surface area contributed by atoms with Gasteiger partial charge >= 0.3 is 0 Å². The zero-order valence-corrected chi connectivity index (χ0v) is 14.1. The summed E-state index contributed by atoms with van der Waals surface area (Å²) in [6.45, 7) is 0.405. The Bertz CT molecular complexity index is 697. The highest BCUT2D eigenvalue weighted by Gasteiger charge is 2.16. The van der Waals surface area contributed by atoms with Crippen LogP contribution >= 0.6 is 11.3 Å². The number of hydrogen-bond donors (Lipinski definition) is 3. The van der Waals surface area contributed by atoms with Gasteiger partial charge in [0.05, 0.1) is 12.2 Å². The largest absolute Gasteiger partial charge is 0.350 e. The maximum absolute atomic E-state index is 11.9. The Hall–Kier alpha value is -2.29. The predicted octanol–water partition coefficient (Wildman–Crippen LogP) is 1.57. The molecule has 0 unspecified atom stereocenters. The Morgan fingerprint density at radius 1 is 1.17 bits per heavy atom. The number of aromatic nitrogens is 4. The first-order chi connectivity index (χ1) is 11.7. The van der Waals surface area contributed by atoms with Crippen molar-refractivity contribution >= 4 is 28.3 Å². The SMILES string of the molecule is O=C(CCC(=O)Nc1nncs1)NCc1n[nH]c2c1CCCCC2. The Labute approximate surface area is 143 Å². The van der Waals surface area contributed by atoms with E-state index in [2.05, 4.69) is 31.0 Å². The van der Waals surface area contributed by atoms with E-state index in [1.807, 2.05) is 0 Å². The van der Waals surface area contributed by atoms with Crippen molar-refractivity contribution in [3.8, 4) is 0 Å².